The van der Waals surface area contributed by atoms with Gasteiger partial charge >= 0.3 is 11.9 Å². The van der Waals surface area contributed by atoms with Crippen LogP contribution in [-0.4, -0.2) is 80.2 Å². The highest BCUT2D eigenvalue weighted by Crippen LogP contribution is 2.48. The van der Waals surface area contributed by atoms with Crippen LogP contribution in [0.1, 0.15) is 17.2 Å². The van der Waals surface area contributed by atoms with Crippen LogP contribution in [0.3, 0.4) is 0 Å². The number of likely N-dealkylation sites (N-methyl/N-ethyl adjacent to an activating group) is 2. The van der Waals surface area contributed by atoms with Crippen molar-refractivity contribution in [2.45, 2.75) is 16.6 Å². The molecular weight excluding hydrogens is 624 g/mol. The minimum atomic E-state index is -1.26. The van der Waals surface area contributed by atoms with Crippen molar-refractivity contribution in [1.29, 1.82) is 0 Å². The highest BCUT2D eigenvalue weighted by Gasteiger charge is 2.34. The van der Waals surface area contributed by atoms with E-state index in [-0.39, 0.29) is 12.7 Å². The van der Waals surface area contributed by atoms with E-state index in [1.165, 1.54) is 11.8 Å². The van der Waals surface area contributed by atoms with Gasteiger partial charge in [0.15, 0.2) is 11.5 Å². The van der Waals surface area contributed by atoms with Gasteiger partial charge in [-0.25, -0.2) is 9.59 Å². The predicted molar refractivity (Wildman–Crippen MR) is 170 cm³/mol. The van der Waals surface area contributed by atoms with Gasteiger partial charge in [0.05, 0.1) is 12.3 Å². The first-order chi connectivity index (χ1) is 21.6. The van der Waals surface area contributed by atoms with Gasteiger partial charge in [-0.3, -0.25) is 4.79 Å². The molecule has 0 fully saturated rings. The predicted octanol–water partition coefficient (Wildman–Crippen LogP) is 5.37. The minimum absolute atomic E-state index is 0.0120. The van der Waals surface area contributed by atoms with Crippen molar-refractivity contribution in [2.75, 3.05) is 52.1 Å². The van der Waals surface area contributed by atoms with Crippen LogP contribution >= 0.6 is 23.4 Å². The number of halogens is 1. The molecule has 1 unspecified atom stereocenters. The van der Waals surface area contributed by atoms with Crippen LogP contribution in [0, 0.1) is 0 Å². The van der Waals surface area contributed by atoms with Crippen molar-refractivity contribution in [3.8, 4) is 23.0 Å². The third-order valence-electron chi connectivity index (χ3n) is 6.68. The van der Waals surface area contributed by atoms with Crippen molar-refractivity contribution in [3.05, 3.63) is 83.4 Å². The summed E-state index contributed by atoms with van der Waals surface area (Å²) in [6, 6.07) is 19.0. The number of amides is 1. The molecule has 238 valence electrons. The molecule has 3 aromatic rings. The van der Waals surface area contributed by atoms with Gasteiger partial charge in [0, 0.05) is 53.8 Å². The number of rotatable bonds is 12. The number of ether oxygens (including phenoxy) is 4. The van der Waals surface area contributed by atoms with Crippen molar-refractivity contribution in [2.24, 2.45) is 0 Å². The molecule has 2 N–H and O–H groups in total. The molecule has 1 atom stereocenters. The zero-order chi connectivity index (χ0) is 32.3. The van der Waals surface area contributed by atoms with Crippen LogP contribution in [0.4, 0.5) is 5.69 Å². The number of carboxylic acid groups (broad SMARTS) is 2. The van der Waals surface area contributed by atoms with E-state index < -0.39 is 17.2 Å². The molecule has 1 amide bonds. The smallest absolute Gasteiger partial charge is 0.328 e. The van der Waals surface area contributed by atoms with Crippen LogP contribution in [0.15, 0.2) is 77.7 Å². The number of aliphatic carboxylic acids is 2. The fourth-order valence-corrected chi connectivity index (χ4v) is 5.90. The number of hydrogen-bond acceptors (Lipinski definition) is 9. The molecule has 0 saturated carbocycles. The Labute approximate surface area is 269 Å². The molecule has 3 aromatic carbocycles. The Bertz CT molecular complexity index is 1530. The first-order valence-electron chi connectivity index (χ1n) is 13.9. The monoisotopic (exact) mass is 656 g/mol. The molecule has 0 spiro atoms. The Hall–Kier alpha value is -4.39. The zero-order valence-electron chi connectivity index (χ0n) is 24.7. The molecule has 11 nitrogen and oxygen atoms in total. The highest BCUT2D eigenvalue weighted by atomic mass is 35.5. The van der Waals surface area contributed by atoms with Gasteiger partial charge in [-0.2, -0.15) is 0 Å². The topological polar surface area (TPSA) is 135 Å². The first kappa shape index (κ1) is 33.5. The van der Waals surface area contributed by atoms with Crippen molar-refractivity contribution in [1.82, 2.24) is 4.90 Å². The summed E-state index contributed by atoms with van der Waals surface area (Å²) in [5.41, 5.74) is 1.72. The van der Waals surface area contributed by atoms with Crippen molar-refractivity contribution in [3.63, 3.8) is 0 Å². The lowest BCUT2D eigenvalue weighted by Gasteiger charge is -2.31. The minimum Gasteiger partial charge on any atom is -0.493 e. The number of anilines is 1. The summed E-state index contributed by atoms with van der Waals surface area (Å²) in [6.07, 6.45) is 1.95. The van der Waals surface area contributed by atoms with E-state index in [0.717, 1.165) is 47.2 Å². The van der Waals surface area contributed by atoms with E-state index in [0.29, 0.717) is 41.9 Å². The maximum absolute atomic E-state index is 13.2. The Morgan fingerprint density at radius 2 is 1.73 bits per heavy atom. The molecule has 0 aromatic heterocycles. The molecule has 2 aliphatic heterocycles. The molecule has 5 rings (SSSR count). The van der Waals surface area contributed by atoms with E-state index >= 15 is 0 Å². The molecule has 45 heavy (non-hydrogen) atoms. The Morgan fingerprint density at radius 1 is 1.00 bits per heavy atom. The maximum atomic E-state index is 13.2. The van der Waals surface area contributed by atoms with E-state index in [9.17, 15) is 14.4 Å². The van der Waals surface area contributed by atoms with Gasteiger partial charge in [0.1, 0.15) is 23.4 Å². The normalized spacial score (nSPS) is 15.0. The van der Waals surface area contributed by atoms with Crippen LogP contribution in [0.2, 0.25) is 5.02 Å². The fourth-order valence-electron chi connectivity index (χ4n) is 4.42. The fraction of sp³-hybridized carbons (Fsp3) is 0.281. The van der Waals surface area contributed by atoms with Crippen LogP contribution < -0.4 is 23.8 Å². The van der Waals surface area contributed by atoms with Gasteiger partial charge in [-0.15, -0.1) is 11.8 Å². The van der Waals surface area contributed by atoms with Crippen LogP contribution in [0.5, 0.6) is 23.0 Å². The number of hydrogen-bond donors (Lipinski definition) is 2. The standard InChI is InChI=1S/C28H29ClN2O5S.C4H4O4/c1-30(13-15-33-20-9-11-24-25(17-20)36-18-35-24)12-5-14-34-23-10-8-19(29)16-21(23)27-28(32)31(2)22-6-3-4-7-26(22)37-27;5-3(6)1-2-4(7)8/h3-4,6-11,16-17,27H,5,12-15,18H2,1-2H3;1-2H,(H,5,6)(H,7,8)/b;2-1+. The van der Waals surface area contributed by atoms with Gasteiger partial charge in [-0.05, 0) is 55.9 Å². The summed E-state index contributed by atoms with van der Waals surface area (Å²) in [5.74, 6) is 0.416. The quantitative estimate of drug-likeness (QED) is 0.192. The van der Waals surface area contributed by atoms with Crippen LogP contribution in [0.25, 0.3) is 0 Å². The lowest BCUT2D eigenvalue weighted by molar-refractivity contribution is -0.134. The zero-order valence-corrected chi connectivity index (χ0v) is 26.3. The summed E-state index contributed by atoms with van der Waals surface area (Å²) < 4.78 is 22.7. The molecule has 13 heteroatoms. The number of thioether (sulfide) groups is 1. The van der Waals surface area contributed by atoms with Gasteiger partial charge in [0.25, 0.3) is 0 Å². The second-order valence-corrected chi connectivity index (χ2v) is 11.5. The molecule has 0 saturated heterocycles. The van der Waals surface area contributed by atoms with E-state index in [1.807, 2.05) is 61.6 Å². The Kier molecular flexibility index (Phi) is 12.0. The van der Waals surface area contributed by atoms with Gasteiger partial charge in [-0.1, -0.05) is 23.7 Å². The molecule has 0 aliphatic carbocycles. The summed E-state index contributed by atoms with van der Waals surface area (Å²) in [7, 11) is 3.87. The summed E-state index contributed by atoms with van der Waals surface area (Å²) >= 11 is 7.86. The van der Waals surface area contributed by atoms with E-state index in [4.69, 9.17) is 40.8 Å². The maximum Gasteiger partial charge on any atom is 0.328 e. The third-order valence-corrected chi connectivity index (χ3v) is 8.20. The Morgan fingerprint density at radius 3 is 2.49 bits per heavy atom. The second kappa shape index (κ2) is 16.1. The van der Waals surface area contributed by atoms with Crippen molar-refractivity contribution >= 4 is 46.9 Å². The molecule has 0 radical (unpaired) electrons. The van der Waals surface area contributed by atoms with Crippen LogP contribution in [-0.2, 0) is 14.4 Å². The number of carbonyl (C=O) groups is 3. The van der Waals surface area contributed by atoms with E-state index in [1.54, 1.807) is 11.0 Å². The lowest BCUT2D eigenvalue weighted by Crippen LogP contribution is -2.33. The Balaban J connectivity index is 0.000000510. The lowest BCUT2D eigenvalue weighted by atomic mass is 10.1. The van der Waals surface area contributed by atoms with E-state index in [2.05, 4.69) is 11.9 Å². The molecular formula is C32H33ClN2O9S. The summed E-state index contributed by atoms with van der Waals surface area (Å²) in [5, 5.41) is 15.8. The largest absolute Gasteiger partial charge is 0.493 e. The second-order valence-electron chi connectivity index (χ2n) is 9.92. The van der Waals surface area contributed by atoms with Gasteiger partial charge in [0.2, 0.25) is 12.7 Å². The van der Waals surface area contributed by atoms with Gasteiger partial charge < -0.3 is 39.0 Å². The number of nitrogens with zero attached hydrogens (tertiary/aromatic N) is 2. The average molecular weight is 657 g/mol. The summed E-state index contributed by atoms with van der Waals surface area (Å²) in [6.45, 7) is 2.97. The highest BCUT2D eigenvalue weighted by molar-refractivity contribution is 8.00. The number of fused-ring (bicyclic) bond motifs is 2. The summed E-state index contributed by atoms with van der Waals surface area (Å²) in [4.78, 5) is 37.3. The SMILES string of the molecule is CN(CCCOc1ccc(Cl)cc1C1Sc2ccccc2N(C)C1=O)CCOc1ccc2c(c1)OCO2.O=C(O)/C=C/C(=O)O. The molecule has 2 heterocycles. The number of carboxylic acids is 2. The average Bonchev–Trinajstić information content (AvgIpc) is 3.49. The number of para-hydroxylation sites is 1. The molecule has 2 aliphatic rings. The number of benzene rings is 3. The molecule has 0 bridgehead atoms. The first-order valence-corrected chi connectivity index (χ1v) is 15.2. The number of carbonyl (C=O) groups excluding carboxylic acids is 1. The van der Waals surface area contributed by atoms with Crippen molar-refractivity contribution < 1.29 is 43.5 Å². The third kappa shape index (κ3) is 9.55.